The highest BCUT2D eigenvalue weighted by atomic mass is 35.5. The lowest BCUT2D eigenvalue weighted by Crippen LogP contribution is -2.17. The van der Waals surface area contributed by atoms with Crippen molar-refractivity contribution in [2.24, 2.45) is 0 Å². The van der Waals surface area contributed by atoms with Crippen LogP contribution in [0.1, 0.15) is 10.4 Å². The fourth-order valence-corrected chi connectivity index (χ4v) is 1.85. The molecule has 0 fully saturated rings. The van der Waals surface area contributed by atoms with E-state index >= 15 is 0 Å². The van der Waals surface area contributed by atoms with Gasteiger partial charge in [0.2, 0.25) is 0 Å². The van der Waals surface area contributed by atoms with Crippen LogP contribution in [-0.4, -0.2) is 13.0 Å². The van der Waals surface area contributed by atoms with Gasteiger partial charge in [-0.2, -0.15) is 0 Å². The van der Waals surface area contributed by atoms with Crippen LogP contribution in [0.3, 0.4) is 0 Å². The molecule has 0 saturated heterocycles. The van der Waals surface area contributed by atoms with E-state index in [9.17, 15) is 9.18 Å². The normalized spacial score (nSPS) is 10.2. The van der Waals surface area contributed by atoms with E-state index < -0.39 is 5.82 Å². The number of benzene rings is 2. The Morgan fingerprint density at radius 1 is 1.22 bits per heavy atom. The van der Waals surface area contributed by atoms with Crippen LogP contribution < -0.4 is 5.32 Å². The molecule has 0 atom stereocenters. The monoisotopic (exact) mass is 263 g/mol. The van der Waals surface area contributed by atoms with Crippen molar-refractivity contribution in [3.8, 4) is 11.1 Å². The zero-order chi connectivity index (χ0) is 13.1. The minimum atomic E-state index is -0.406. The van der Waals surface area contributed by atoms with Gasteiger partial charge in [0.05, 0.1) is 0 Å². The summed E-state index contributed by atoms with van der Waals surface area (Å²) in [6.07, 6.45) is 0. The largest absolute Gasteiger partial charge is 0.355 e. The van der Waals surface area contributed by atoms with E-state index in [-0.39, 0.29) is 5.91 Å². The summed E-state index contributed by atoms with van der Waals surface area (Å²) in [5, 5.41) is 2.88. The molecule has 0 saturated carbocycles. The number of amides is 1. The van der Waals surface area contributed by atoms with Gasteiger partial charge in [-0.3, -0.25) is 4.79 Å². The molecule has 0 aliphatic rings. The lowest BCUT2D eigenvalue weighted by Gasteiger charge is -2.06. The standard InChI is InChI=1S/C14H11ClFNO/c1-17-14(18)10-4-2-3-9(7-10)12-6-5-11(15)8-13(12)16/h2-8H,1H3,(H,17,18). The van der Waals surface area contributed by atoms with E-state index in [1.165, 1.54) is 6.07 Å². The fourth-order valence-electron chi connectivity index (χ4n) is 1.70. The summed E-state index contributed by atoms with van der Waals surface area (Å²) in [5.41, 5.74) is 1.56. The molecule has 2 rings (SSSR count). The quantitative estimate of drug-likeness (QED) is 0.883. The number of rotatable bonds is 2. The smallest absolute Gasteiger partial charge is 0.251 e. The molecule has 0 aromatic heterocycles. The van der Waals surface area contributed by atoms with Crippen molar-refractivity contribution in [2.75, 3.05) is 7.05 Å². The Morgan fingerprint density at radius 2 is 2.00 bits per heavy atom. The van der Waals surface area contributed by atoms with E-state index in [1.807, 2.05) is 0 Å². The van der Waals surface area contributed by atoms with Gasteiger partial charge in [0.15, 0.2) is 0 Å². The zero-order valence-corrected chi connectivity index (χ0v) is 10.5. The number of hydrogen-bond acceptors (Lipinski definition) is 1. The van der Waals surface area contributed by atoms with E-state index in [1.54, 1.807) is 43.4 Å². The van der Waals surface area contributed by atoms with Crippen molar-refractivity contribution in [3.05, 3.63) is 58.9 Å². The van der Waals surface area contributed by atoms with Gasteiger partial charge >= 0.3 is 0 Å². The molecule has 18 heavy (non-hydrogen) atoms. The first kappa shape index (κ1) is 12.6. The highest BCUT2D eigenvalue weighted by Gasteiger charge is 2.08. The minimum absolute atomic E-state index is 0.203. The van der Waals surface area contributed by atoms with Crippen LogP contribution in [0.5, 0.6) is 0 Å². The lowest BCUT2D eigenvalue weighted by molar-refractivity contribution is 0.0963. The molecule has 0 spiro atoms. The molecular formula is C14H11ClFNO. The molecule has 0 aliphatic carbocycles. The lowest BCUT2D eigenvalue weighted by atomic mass is 10.0. The minimum Gasteiger partial charge on any atom is -0.355 e. The van der Waals surface area contributed by atoms with E-state index in [2.05, 4.69) is 5.32 Å². The fraction of sp³-hybridized carbons (Fsp3) is 0.0714. The van der Waals surface area contributed by atoms with Crippen LogP contribution in [0.15, 0.2) is 42.5 Å². The number of halogens is 2. The topological polar surface area (TPSA) is 29.1 Å². The zero-order valence-electron chi connectivity index (χ0n) is 9.71. The van der Waals surface area contributed by atoms with Gasteiger partial charge in [0.1, 0.15) is 5.82 Å². The van der Waals surface area contributed by atoms with E-state index in [4.69, 9.17) is 11.6 Å². The molecule has 4 heteroatoms. The predicted molar refractivity (Wildman–Crippen MR) is 70.2 cm³/mol. The average Bonchev–Trinajstić information content (AvgIpc) is 2.38. The first-order valence-electron chi connectivity index (χ1n) is 5.39. The molecule has 2 aromatic rings. The van der Waals surface area contributed by atoms with Gasteiger partial charge in [-0.05, 0) is 35.9 Å². The maximum atomic E-state index is 13.8. The maximum absolute atomic E-state index is 13.8. The molecule has 1 amide bonds. The Bertz CT molecular complexity index is 598. The SMILES string of the molecule is CNC(=O)c1cccc(-c2ccc(Cl)cc2F)c1. The molecule has 92 valence electrons. The van der Waals surface area contributed by atoms with Crippen LogP contribution in [0.2, 0.25) is 5.02 Å². The number of carbonyl (C=O) groups is 1. The number of hydrogen-bond donors (Lipinski definition) is 1. The van der Waals surface area contributed by atoms with Crippen molar-refractivity contribution in [2.45, 2.75) is 0 Å². The predicted octanol–water partition coefficient (Wildman–Crippen LogP) is 3.51. The third-order valence-corrected chi connectivity index (χ3v) is 2.83. The first-order valence-corrected chi connectivity index (χ1v) is 5.77. The van der Waals surface area contributed by atoms with Crippen LogP contribution in [0.25, 0.3) is 11.1 Å². The Kier molecular flexibility index (Phi) is 3.63. The Labute approximate surface area is 109 Å². The summed E-state index contributed by atoms with van der Waals surface area (Å²) >= 11 is 5.70. The summed E-state index contributed by atoms with van der Waals surface area (Å²) in [6, 6.07) is 11.3. The molecular weight excluding hydrogens is 253 g/mol. The van der Waals surface area contributed by atoms with Crippen molar-refractivity contribution in [1.29, 1.82) is 0 Å². The third kappa shape index (κ3) is 2.51. The van der Waals surface area contributed by atoms with Gasteiger partial charge in [-0.1, -0.05) is 23.7 Å². The van der Waals surface area contributed by atoms with Crippen molar-refractivity contribution < 1.29 is 9.18 Å². The van der Waals surface area contributed by atoms with Crippen molar-refractivity contribution >= 4 is 17.5 Å². The summed E-state index contributed by atoms with van der Waals surface area (Å²) in [4.78, 5) is 11.5. The molecule has 2 aromatic carbocycles. The maximum Gasteiger partial charge on any atom is 0.251 e. The number of carbonyl (C=O) groups excluding carboxylic acids is 1. The van der Waals surface area contributed by atoms with Gasteiger partial charge in [0.25, 0.3) is 5.91 Å². The Morgan fingerprint density at radius 3 is 2.67 bits per heavy atom. The average molecular weight is 264 g/mol. The highest BCUT2D eigenvalue weighted by Crippen LogP contribution is 2.25. The van der Waals surface area contributed by atoms with E-state index in [0.717, 1.165) is 0 Å². The molecule has 0 unspecified atom stereocenters. The summed E-state index contributed by atoms with van der Waals surface area (Å²) in [7, 11) is 1.55. The summed E-state index contributed by atoms with van der Waals surface area (Å²) in [5.74, 6) is -0.609. The molecule has 2 nitrogen and oxygen atoms in total. The molecule has 0 radical (unpaired) electrons. The molecule has 0 aliphatic heterocycles. The van der Waals surface area contributed by atoms with Gasteiger partial charge < -0.3 is 5.32 Å². The second-order valence-electron chi connectivity index (χ2n) is 3.78. The van der Waals surface area contributed by atoms with Gasteiger partial charge in [0, 0.05) is 23.2 Å². The van der Waals surface area contributed by atoms with Crippen molar-refractivity contribution in [3.63, 3.8) is 0 Å². The second kappa shape index (κ2) is 5.19. The second-order valence-corrected chi connectivity index (χ2v) is 4.22. The molecule has 1 N–H and O–H groups in total. The Hall–Kier alpha value is -1.87. The van der Waals surface area contributed by atoms with Gasteiger partial charge in [-0.25, -0.2) is 4.39 Å². The summed E-state index contributed by atoms with van der Waals surface area (Å²) in [6.45, 7) is 0. The van der Waals surface area contributed by atoms with E-state index in [0.29, 0.717) is 21.7 Å². The van der Waals surface area contributed by atoms with Crippen LogP contribution >= 0.6 is 11.6 Å². The first-order chi connectivity index (χ1) is 8.61. The molecule has 0 bridgehead atoms. The van der Waals surface area contributed by atoms with Gasteiger partial charge in [-0.15, -0.1) is 0 Å². The van der Waals surface area contributed by atoms with Crippen LogP contribution in [-0.2, 0) is 0 Å². The Balaban J connectivity index is 2.48. The van der Waals surface area contributed by atoms with Crippen LogP contribution in [0.4, 0.5) is 4.39 Å². The third-order valence-electron chi connectivity index (χ3n) is 2.59. The molecule has 0 heterocycles. The van der Waals surface area contributed by atoms with Crippen LogP contribution in [0, 0.1) is 5.82 Å². The summed E-state index contributed by atoms with van der Waals surface area (Å²) < 4.78 is 13.8. The highest BCUT2D eigenvalue weighted by molar-refractivity contribution is 6.30. The number of nitrogens with one attached hydrogen (secondary N) is 1. The van der Waals surface area contributed by atoms with Crippen molar-refractivity contribution in [1.82, 2.24) is 5.32 Å².